The zero-order chi connectivity index (χ0) is 14.1. The quantitative estimate of drug-likeness (QED) is 0.860. The third kappa shape index (κ3) is 3.02. The van der Waals surface area contributed by atoms with E-state index in [1.807, 2.05) is 13.0 Å². The molecule has 19 heavy (non-hydrogen) atoms. The second-order valence-corrected chi connectivity index (χ2v) is 7.57. The van der Waals surface area contributed by atoms with Gasteiger partial charge in [-0.25, -0.2) is 13.1 Å². The van der Waals surface area contributed by atoms with Crippen molar-refractivity contribution < 1.29 is 8.42 Å². The van der Waals surface area contributed by atoms with Crippen LogP contribution in [0.4, 0.5) is 0 Å². The Morgan fingerprint density at radius 2 is 2.11 bits per heavy atom. The van der Waals surface area contributed by atoms with E-state index < -0.39 is 10.0 Å². The number of hydrogen-bond donors (Lipinski definition) is 2. The maximum Gasteiger partial charge on any atom is 0.242 e. The number of nitrogens with one attached hydrogen (secondary N) is 1. The normalized spacial score (nSPS) is 18.1. The lowest BCUT2D eigenvalue weighted by Crippen LogP contribution is -2.52. The lowest BCUT2D eigenvalue weighted by Gasteiger charge is -2.41. The molecule has 0 atom stereocenters. The lowest BCUT2D eigenvalue weighted by atomic mass is 9.76. The standard InChI is InChI=1S/C13H19BrN2O2S/c1-2-13(6-3-7-13)16-19(17,18)12-8-10(9-15)4-5-11(12)14/h4-5,8,16H,2-3,6-7,9,15H2,1H3. The summed E-state index contributed by atoms with van der Waals surface area (Å²) < 4.78 is 28.5. The van der Waals surface area contributed by atoms with Gasteiger partial charge in [0, 0.05) is 16.6 Å². The Morgan fingerprint density at radius 1 is 1.42 bits per heavy atom. The Morgan fingerprint density at radius 3 is 2.58 bits per heavy atom. The maximum atomic E-state index is 12.5. The smallest absolute Gasteiger partial charge is 0.242 e. The van der Waals surface area contributed by atoms with Gasteiger partial charge in [0.1, 0.15) is 0 Å². The SMILES string of the molecule is CCC1(NS(=O)(=O)c2cc(CN)ccc2Br)CCC1. The second-order valence-electron chi connectivity index (χ2n) is 5.06. The Kier molecular flexibility index (Phi) is 4.35. The number of rotatable bonds is 5. The van der Waals surface area contributed by atoms with Gasteiger partial charge in [-0.1, -0.05) is 13.0 Å². The van der Waals surface area contributed by atoms with Crippen molar-refractivity contribution >= 4 is 26.0 Å². The highest BCUT2D eigenvalue weighted by Gasteiger charge is 2.39. The minimum absolute atomic E-state index is 0.253. The Labute approximate surface area is 122 Å². The summed E-state index contributed by atoms with van der Waals surface area (Å²) >= 11 is 3.30. The topological polar surface area (TPSA) is 72.2 Å². The van der Waals surface area contributed by atoms with Gasteiger partial charge in [0.25, 0.3) is 0 Å². The van der Waals surface area contributed by atoms with Gasteiger partial charge in [0.15, 0.2) is 0 Å². The Bertz CT molecular complexity index is 562. The van der Waals surface area contributed by atoms with E-state index in [1.165, 1.54) is 0 Å². The second kappa shape index (κ2) is 5.52. The highest BCUT2D eigenvalue weighted by atomic mass is 79.9. The molecule has 0 radical (unpaired) electrons. The molecule has 2 rings (SSSR count). The molecule has 0 bridgehead atoms. The molecular formula is C13H19BrN2O2S. The highest BCUT2D eigenvalue weighted by molar-refractivity contribution is 9.10. The summed E-state index contributed by atoms with van der Waals surface area (Å²) in [6.07, 6.45) is 3.73. The van der Waals surface area contributed by atoms with E-state index in [9.17, 15) is 8.42 Å². The van der Waals surface area contributed by atoms with Crippen LogP contribution in [0.3, 0.4) is 0 Å². The molecule has 106 valence electrons. The summed E-state index contributed by atoms with van der Waals surface area (Å²) in [5.41, 5.74) is 6.13. The molecule has 1 aromatic carbocycles. The first-order valence-electron chi connectivity index (χ1n) is 6.45. The van der Waals surface area contributed by atoms with Crippen LogP contribution >= 0.6 is 15.9 Å². The average molecular weight is 347 g/mol. The predicted molar refractivity (Wildman–Crippen MR) is 79.2 cm³/mol. The minimum Gasteiger partial charge on any atom is -0.326 e. The fourth-order valence-corrected chi connectivity index (χ4v) is 4.90. The first-order valence-corrected chi connectivity index (χ1v) is 8.72. The van der Waals surface area contributed by atoms with Crippen molar-refractivity contribution in [3.8, 4) is 0 Å². The molecule has 0 heterocycles. The molecule has 0 unspecified atom stereocenters. The maximum absolute atomic E-state index is 12.5. The molecule has 0 amide bonds. The number of nitrogens with two attached hydrogens (primary N) is 1. The largest absolute Gasteiger partial charge is 0.326 e. The summed E-state index contributed by atoms with van der Waals surface area (Å²) in [5.74, 6) is 0. The van der Waals surface area contributed by atoms with Crippen LogP contribution in [0, 0.1) is 0 Å². The van der Waals surface area contributed by atoms with Crippen molar-refractivity contribution in [2.45, 2.75) is 49.6 Å². The number of hydrogen-bond acceptors (Lipinski definition) is 3. The molecule has 1 aromatic rings. The zero-order valence-corrected chi connectivity index (χ0v) is 13.4. The van der Waals surface area contributed by atoms with Crippen LogP contribution in [-0.2, 0) is 16.6 Å². The van der Waals surface area contributed by atoms with Gasteiger partial charge in [0.2, 0.25) is 10.0 Å². The Hall–Kier alpha value is -0.430. The predicted octanol–water partition coefficient (Wildman–Crippen LogP) is 2.52. The van der Waals surface area contributed by atoms with Gasteiger partial charge in [-0.2, -0.15) is 0 Å². The van der Waals surface area contributed by atoms with Crippen molar-refractivity contribution in [2.24, 2.45) is 5.73 Å². The van der Waals surface area contributed by atoms with E-state index in [4.69, 9.17) is 5.73 Å². The third-order valence-corrected chi connectivity index (χ3v) is 6.43. The van der Waals surface area contributed by atoms with Crippen molar-refractivity contribution in [1.29, 1.82) is 0 Å². The van der Waals surface area contributed by atoms with Gasteiger partial charge < -0.3 is 5.73 Å². The van der Waals surface area contributed by atoms with Crippen LogP contribution < -0.4 is 10.5 Å². The summed E-state index contributed by atoms with van der Waals surface area (Å²) in [6.45, 7) is 2.35. The molecular weight excluding hydrogens is 328 g/mol. The van der Waals surface area contributed by atoms with Gasteiger partial charge in [0.05, 0.1) is 4.90 Å². The minimum atomic E-state index is -3.51. The van der Waals surface area contributed by atoms with E-state index in [1.54, 1.807) is 12.1 Å². The number of benzene rings is 1. The monoisotopic (exact) mass is 346 g/mol. The van der Waals surface area contributed by atoms with Gasteiger partial charge >= 0.3 is 0 Å². The van der Waals surface area contributed by atoms with Crippen molar-refractivity contribution in [3.63, 3.8) is 0 Å². The van der Waals surface area contributed by atoms with Crippen LogP contribution in [-0.4, -0.2) is 14.0 Å². The summed E-state index contributed by atoms with van der Waals surface area (Å²) in [6, 6.07) is 5.19. The molecule has 3 N–H and O–H groups in total. The lowest BCUT2D eigenvalue weighted by molar-refractivity contribution is 0.214. The number of halogens is 1. The van der Waals surface area contributed by atoms with Crippen molar-refractivity contribution in [2.75, 3.05) is 0 Å². The average Bonchev–Trinajstić information content (AvgIpc) is 2.34. The van der Waals surface area contributed by atoms with E-state index >= 15 is 0 Å². The highest BCUT2D eigenvalue weighted by Crippen LogP contribution is 2.36. The van der Waals surface area contributed by atoms with Gasteiger partial charge in [-0.15, -0.1) is 0 Å². The van der Waals surface area contributed by atoms with Crippen molar-refractivity contribution in [1.82, 2.24) is 4.72 Å². The molecule has 1 saturated carbocycles. The van der Waals surface area contributed by atoms with E-state index in [0.29, 0.717) is 11.0 Å². The fourth-order valence-electron chi connectivity index (χ4n) is 2.35. The molecule has 6 heteroatoms. The molecule has 4 nitrogen and oxygen atoms in total. The summed E-state index contributed by atoms with van der Waals surface area (Å²) in [7, 11) is -3.51. The first kappa shape index (κ1) is 15.0. The Balaban J connectivity index is 2.34. The fraction of sp³-hybridized carbons (Fsp3) is 0.538. The third-order valence-electron chi connectivity index (χ3n) is 3.86. The molecule has 0 saturated heterocycles. The van der Waals surface area contributed by atoms with E-state index in [0.717, 1.165) is 31.2 Å². The summed E-state index contributed by atoms with van der Waals surface area (Å²) in [4.78, 5) is 0.273. The van der Waals surface area contributed by atoms with Crippen LogP contribution in [0.1, 0.15) is 38.2 Å². The molecule has 1 aliphatic carbocycles. The van der Waals surface area contributed by atoms with Gasteiger partial charge in [-0.05, 0) is 59.3 Å². The molecule has 1 aliphatic rings. The van der Waals surface area contributed by atoms with Crippen LogP contribution in [0.2, 0.25) is 0 Å². The van der Waals surface area contributed by atoms with E-state index in [2.05, 4.69) is 20.7 Å². The summed E-state index contributed by atoms with van der Waals surface area (Å²) in [5, 5.41) is 0. The van der Waals surface area contributed by atoms with Crippen LogP contribution in [0.15, 0.2) is 27.6 Å². The molecule has 1 fully saturated rings. The number of sulfonamides is 1. The van der Waals surface area contributed by atoms with Crippen LogP contribution in [0.5, 0.6) is 0 Å². The molecule has 0 aliphatic heterocycles. The van der Waals surface area contributed by atoms with Gasteiger partial charge in [-0.3, -0.25) is 0 Å². The first-order chi connectivity index (χ1) is 8.92. The zero-order valence-electron chi connectivity index (χ0n) is 10.9. The van der Waals surface area contributed by atoms with Crippen LogP contribution in [0.25, 0.3) is 0 Å². The molecule has 0 aromatic heterocycles. The van der Waals surface area contributed by atoms with E-state index in [-0.39, 0.29) is 10.4 Å². The van der Waals surface area contributed by atoms with Crippen molar-refractivity contribution in [3.05, 3.63) is 28.2 Å². The molecule has 0 spiro atoms.